The van der Waals surface area contributed by atoms with Crippen molar-refractivity contribution in [2.75, 3.05) is 56.9 Å². The summed E-state index contributed by atoms with van der Waals surface area (Å²) >= 11 is 0. The lowest BCUT2D eigenvalue weighted by Crippen LogP contribution is -2.36. The summed E-state index contributed by atoms with van der Waals surface area (Å²) in [5.41, 5.74) is 0.291. The first kappa shape index (κ1) is 41.9. The van der Waals surface area contributed by atoms with Gasteiger partial charge in [-0.05, 0) is 83.5 Å². The predicted octanol–water partition coefficient (Wildman–Crippen LogP) is 9.00. The Labute approximate surface area is 321 Å². The van der Waals surface area contributed by atoms with Crippen LogP contribution in [0.4, 0.5) is 38.0 Å². The van der Waals surface area contributed by atoms with Gasteiger partial charge in [0.25, 0.3) is 0 Å². The van der Waals surface area contributed by atoms with Crippen molar-refractivity contribution < 1.29 is 55.2 Å². The fraction of sp³-hybridized carbons (Fsp3) is 0.425. The summed E-state index contributed by atoms with van der Waals surface area (Å²) in [6, 6.07) is 10.6. The zero-order valence-electron chi connectivity index (χ0n) is 31.5. The number of rotatable bonds is 16. The van der Waals surface area contributed by atoms with E-state index in [-0.39, 0.29) is 43.1 Å². The molecule has 0 aliphatic carbocycles. The molecule has 2 heterocycles. The number of aromatic nitrogens is 2. The summed E-state index contributed by atoms with van der Waals surface area (Å²) in [6.07, 6.45) is -6.23. The highest BCUT2D eigenvalue weighted by Crippen LogP contribution is 2.42. The Morgan fingerprint density at radius 1 is 0.839 bits per heavy atom. The van der Waals surface area contributed by atoms with Crippen LogP contribution in [0.5, 0.6) is 17.2 Å². The molecular weight excluding hydrogens is 746 g/mol. The molecule has 0 saturated carbocycles. The lowest BCUT2D eigenvalue weighted by molar-refractivity contribution is -0.143. The summed E-state index contributed by atoms with van der Waals surface area (Å²) < 4.78 is 107. The Balaban J connectivity index is 1.66. The van der Waals surface area contributed by atoms with Crippen molar-refractivity contribution in [1.29, 1.82) is 0 Å². The molecule has 10 nitrogen and oxygen atoms in total. The lowest BCUT2D eigenvalue weighted by atomic mass is 9.93. The Morgan fingerprint density at radius 3 is 2.05 bits per heavy atom. The number of alkyl halides is 6. The number of halogens is 6. The smallest absolute Gasteiger partial charge is 0.416 e. The van der Waals surface area contributed by atoms with Crippen molar-refractivity contribution in [3.05, 3.63) is 88.7 Å². The second kappa shape index (κ2) is 18.1. The average molecular weight is 791 g/mol. The van der Waals surface area contributed by atoms with E-state index >= 15 is 0 Å². The standard InChI is InChI=1S/C40H44F6N4O6/c1-25(2)27-8-9-34(53-3)33(17-27)32-20-35(54-4)36(56-12-6-5-7-37(51)52)18-28(32)24-50(38-47-21-31(22-48-38)49-10-13-55-14-11-49)23-26-15-29(39(41,42)43)19-30(16-26)40(44,45)46/h8-9,15-22,25H,5-7,10-14,23-24H2,1-4H3,(H,51,52). The maximum atomic E-state index is 14.0. The summed E-state index contributed by atoms with van der Waals surface area (Å²) in [5.74, 6) is 0.373. The number of carboxylic acid groups (broad SMARTS) is 1. The number of carbonyl (C=O) groups is 1. The minimum atomic E-state index is -5.05. The highest BCUT2D eigenvalue weighted by molar-refractivity contribution is 5.77. The first-order valence-electron chi connectivity index (χ1n) is 18.0. The third kappa shape index (κ3) is 10.7. The fourth-order valence-electron chi connectivity index (χ4n) is 6.31. The van der Waals surface area contributed by atoms with Gasteiger partial charge < -0.3 is 33.9 Å². The molecule has 1 aliphatic rings. The molecule has 1 aliphatic heterocycles. The van der Waals surface area contributed by atoms with Crippen LogP contribution in [0.25, 0.3) is 11.1 Å². The molecule has 0 unspecified atom stereocenters. The Kier molecular flexibility index (Phi) is 13.6. The summed E-state index contributed by atoms with van der Waals surface area (Å²) in [4.78, 5) is 23.7. The minimum absolute atomic E-state index is 0.0401. The van der Waals surface area contributed by atoms with Gasteiger partial charge in [-0.2, -0.15) is 26.3 Å². The molecule has 3 aromatic carbocycles. The SMILES string of the molecule is COc1cc(-c2cc(C(C)C)ccc2OC)c(CN(Cc2cc(C(F)(F)F)cc(C(F)(F)F)c2)c2ncc(N3CCOCC3)cn2)cc1OCCCCC(=O)O. The lowest BCUT2D eigenvalue weighted by Gasteiger charge is -2.29. The Morgan fingerprint density at radius 2 is 1.48 bits per heavy atom. The van der Waals surface area contributed by atoms with Crippen LogP contribution in [0, 0.1) is 0 Å². The molecule has 0 amide bonds. The molecule has 1 N–H and O–H groups in total. The monoisotopic (exact) mass is 790 g/mol. The normalized spacial score (nSPS) is 13.5. The van der Waals surface area contributed by atoms with Crippen molar-refractivity contribution in [2.45, 2.75) is 64.5 Å². The van der Waals surface area contributed by atoms with Crippen molar-refractivity contribution >= 4 is 17.6 Å². The van der Waals surface area contributed by atoms with E-state index in [9.17, 15) is 31.1 Å². The number of unbranched alkanes of at least 4 members (excludes halogenated alkanes) is 1. The first-order valence-corrected chi connectivity index (χ1v) is 18.0. The highest BCUT2D eigenvalue weighted by Gasteiger charge is 2.37. The van der Waals surface area contributed by atoms with Crippen LogP contribution in [0.3, 0.4) is 0 Å². The topological polar surface area (TPSA) is 106 Å². The molecule has 1 saturated heterocycles. The number of carboxylic acids is 1. The maximum Gasteiger partial charge on any atom is 0.416 e. The van der Waals surface area contributed by atoms with Crippen molar-refractivity contribution in [1.82, 2.24) is 9.97 Å². The number of methoxy groups -OCH3 is 2. The zero-order valence-corrected chi connectivity index (χ0v) is 31.5. The van der Waals surface area contributed by atoms with Crippen LogP contribution in [0.15, 0.2) is 60.9 Å². The number of anilines is 2. The van der Waals surface area contributed by atoms with Gasteiger partial charge in [0.2, 0.25) is 5.95 Å². The molecule has 0 spiro atoms. The molecule has 4 aromatic rings. The predicted molar refractivity (Wildman–Crippen MR) is 197 cm³/mol. The van der Waals surface area contributed by atoms with E-state index in [0.29, 0.717) is 90.9 Å². The van der Waals surface area contributed by atoms with Crippen LogP contribution < -0.4 is 24.0 Å². The van der Waals surface area contributed by atoms with Gasteiger partial charge in [-0.15, -0.1) is 0 Å². The third-order valence-electron chi connectivity index (χ3n) is 9.28. The van der Waals surface area contributed by atoms with Gasteiger partial charge in [0, 0.05) is 38.2 Å². The quantitative estimate of drug-likeness (QED) is 0.0874. The van der Waals surface area contributed by atoms with E-state index in [0.717, 1.165) is 5.56 Å². The van der Waals surface area contributed by atoms with Crippen LogP contribution in [0.2, 0.25) is 0 Å². The van der Waals surface area contributed by atoms with Crippen LogP contribution in [-0.4, -0.2) is 68.2 Å². The van der Waals surface area contributed by atoms with Crippen LogP contribution in [0.1, 0.15) is 66.8 Å². The van der Waals surface area contributed by atoms with Gasteiger partial charge in [0.15, 0.2) is 11.5 Å². The van der Waals surface area contributed by atoms with E-state index < -0.39 is 36.0 Å². The number of benzene rings is 3. The van der Waals surface area contributed by atoms with Gasteiger partial charge >= 0.3 is 18.3 Å². The average Bonchev–Trinajstić information content (AvgIpc) is 3.16. The molecule has 1 fully saturated rings. The Bertz CT molecular complexity index is 1920. The molecule has 1 aromatic heterocycles. The van der Waals surface area contributed by atoms with Crippen molar-refractivity contribution in [3.63, 3.8) is 0 Å². The van der Waals surface area contributed by atoms with Crippen LogP contribution in [-0.2, 0) is 35.0 Å². The summed E-state index contributed by atoms with van der Waals surface area (Å²) in [6.45, 7) is 5.81. The number of hydrogen-bond acceptors (Lipinski definition) is 9. The summed E-state index contributed by atoms with van der Waals surface area (Å²) in [7, 11) is 2.97. The minimum Gasteiger partial charge on any atom is -0.496 e. The highest BCUT2D eigenvalue weighted by atomic mass is 19.4. The second-order valence-corrected chi connectivity index (χ2v) is 13.6. The van der Waals surface area contributed by atoms with Gasteiger partial charge in [0.05, 0.1) is 63.2 Å². The van der Waals surface area contributed by atoms with Gasteiger partial charge in [-0.1, -0.05) is 19.9 Å². The number of aliphatic carboxylic acids is 1. The maximum absolute atomic E-state index is 14.0. The molecule has 5 rings (SSSR count). The third-order valence-corrected chi connectivity index (χ3v) is 9.28. The van der Waals surface area contributed by atoms with E-state index in [2.05, 4.69) is 9.97 Å². The molecule has 0 radical (unpaired) electrons. The van der Waals surface area contributed by atoms with Crippen molar-refractivity contribution in [2.24, 2.45) is 0 Å². The number of morpholine rings is 1. The van der Waals surface area contributed by atoms with Gasteiger partial charge in [-0.3, -0.25) is 4.79 Å². The number of nitrogens with zero attached hydrogens (tertiary/aromatic N) is 4. The van der Waals surface area contributed by atoms with E-state index in [1.54, 1.807) is 24.5 Å². The van der Waals surface area contributed by atoms with Crippen molar-refractivity contribution in [3.8, 4) is 28.4 Å². The van der Waals surface area contributed by atoms with Gasteiger partial charge in [-0.25, -0.2) is 9.97 Å². The molecule has 0 bridgehead atoms. The van der Waals surface area contributed by atoms with E-state index in [4.69, 9.17) is 24.1 Å². The van der Waals surface area contributed by atoms with Gasteiger partial charge in [0.1, 0.15) is 5.75 Å². The molecule has 302 valence electrons. The molecular formula is C40H44F6N4O6. The second-order valence-electron chi connectivity index (χ2n) is 13.6. The van der Waals surface area contributed by atoms with E-state index in [1.807, 2.05) is 36.9 Å². The van der Waals surface area contributed by atoms with Crippen LogP contribution >= 0.6 is 0 Å². The zero-order chi connectivity index (χ0) is 40.6. The Hall–Kier alpha value is -5.25. The molecule has 16 heteroatoms. The van der Waals surface area contributed by atoms with E-state index in [1.165, 1.54) is 19.1 Å². The first-order chi connectivity index (χ1) is 26.6. The number of ether oxygens (including phenoxy) is 4. The number of hydrogen-bond donors (Lipinski definition) is 1. The summed E-state index contributed by atoms with van der Waals surface area (Å²) in [5, 5.41) is 9.05. The fourth-order valence-corrected chi connectivity index (χ4v) is 6.31. The molecule has 56 heavy (non-hydrogen) atoms. The largest absolute Gasteiger partial charge is 0.496 e. The molecule has 0 atom stereocenters.